The molecule has 0 aromatic rings. The number of carbonyl (C=O) groups is 3. The fourth-order valence-electron chi connectivity index (χ4n) is 7.44. The van der Waals surface area contributed by atoms with Crippen LogP contribution in [0.4, 0.5) is 0 Å². The molecule has 0 amide bonds. The van der Waals surface area contributed by atoms with E-state index in [4.69, 9.17) is 4.74 Å². The van der Waals surface area contributed by atoms with Gasteiger partial charge in [-0.25, -0.2) is 0 Å². The number of aliphatic hydroxyl groups is 2. The van der Waals surface area contributed by atoms with Crippen LogP contribution in [0.2, 0.25) is 0 Å². The van der Waals surface area contributed by atoms with Crippen molar-refractivity contribution in [3.8, 4) is 0 Å². The molecule has 2 N–H and O–H groups in total. The third kappa shape index (κ3) is 2.86. The largest absolute Gasteiger partial charge is 0.458 e. The first-order valence-corrected chi connectivity index (χ1v) is 10.8. The SMILES string of the molecule is CC(=O)OCC(=O)[C@]1(O)CC[C@@H]2[C@@H]3CCC4=CC(=O)CC[C@@]4(C)[C@H]3[C@H](O)C[C@]21C. The van der Waals surface area contributed by atoms with Crippen molar-refractivity contribution in [1.82, 2.24) is 0 Å². The maximum atomic E-state index is 12.9. The molecule has 4 aliphatic rings. The Balaban J connectivity index is 1.65. The average molecular weight is 405 g/mol. The van der Waals surface area contributed by atoms with E-state index in [1.165, 1.54) is 6.92 Å². The van der Waals surface area contributed by atoms with Gasteiger partial charge in [0, 0.05) is 18.8 Å². The van der Waals surface area contributed by atoms with E-state index in [1.807, 2.05) is 6.92 Å². The molecule has 0 heterocycles. The molecule has 0 aromatic carbocycles. The second-order valence-electron chi connectivity index (χ2n) is 10.2. The molecule has 0 bridgehead atoms. The second-order valence-corrected chi connectivity index (χ2v) is 10.2. The van der Waals surface area contributed by atoms with Gasteiger partial charge in [-0.3, -0.25) is 14.4 Å². The van der Waals surface area contributed by atoms with Crippen molar-refractivity contribution < 1.29 is 29.3 Å². The lowest BCUT2D eigenvalue weighted by Gasteiger charge is -2.60. The summed E-state index contributed by atoms with van der Waals surface area (Å²) in [6, 6.07) is 0. The van der Waals surface area contributed by atoms with Crippen LogP contribution in [0.1, 0.15) is 65.7 Å². The highest BCUT2D eigenvalue weighted by atomic mass is 16.5. The molecule has 3 saturated carbocycles. The van der Waals surface area contributed by atoms with Gasteiger partial charge in [0.2, 0.25) is 5.78 Å². The Kier molecular flexibility index (Phi) is 4.82. The first-order chi connectivity index (χ1) is 13.5. The lowest BCUT2D eigenvalue weighted by molar-refractivity contribution is -0.184. The molecule has 4 aliphatic carbocycles. The van der Waals surface area contributed by atoms with Gasteiger partial charge in [-0.15, -0.1) is 0 Å². The summed E-state index contributed by atoms with van der Waals surface area (Å²) in [5.74, 6) is -0.462. The molecule has 0 saturated heterocycles. The maximum absolute atomic E-state index is 12.9. The molecular weight excluding hydrogens is 372 g/mol. The Labute approximate surface area is 171 Å². The van der Waals surface area contributed by atoms with Crippen molar-refractivity contribution in [2.24, 2.45) is 28.6 Å². The zero-order valence-electron chi connectivity index (χ0n) is 17.6. The summed E-state index contributed by atoms with van der Waals surface area (Å²) in [7, 11) is 0. The highest BCUT2D eigenvalue weighted by Gasteiger charge is 2.68. The van der Waals surface area contributed by atoms with Crippen LogP contribution in [0.3, 0.4) is 0 Å². The van der Waals surface area contributed by atoms with Gasteiger partial charge in [0.25, 0.3) is 0 Å². The van der Waals surface area contributed by atoms with E-state index in [0.29, 0.717) is 19.3 Å². The van der Waals surface area contributed by atoms with E-state index >= 15 is 0 Å². The molecular formula is C23H32O6. The fraction of sp³-hybridized carbons (Fsp3) is 0.783. The fourth-order valence-corrected chi connectivity index (χ4v) is 7.44. The Morgan fingerprint density at radius 2 is 1.93 bits per heavy atom. The molecule has 4 rings (SSSR count). The number of hydrogen-bond donors (Lipinski definition) is 2. The molecule has 0 unspecified atom stereocenters. The van der Waals surface area contributed by atoms with Crippen LogP contribution in [-0.4, -0.2) is 46.1 Å². The average Bonchev–Trinajstić information content (AvgIpc) is 2.91. The summed E-state index contributed by atoms with van der Waals surface area (Å²) in [4.78, 5) is 36.0. The molecule has 7 atom stereocenters. The van der Waals surface area contributed by atoms with E-state index in [2.05, 4.69) is 6.92 Å². The van der Waals surface area contributed by atoms with Crippen molar-refractivity contribution in [2.45, 2.75) is 77.4 Å². The summed E-state index contributed by atoms with van der Waals surface area (Å²) in [5, 5.41) is 22.8. The Morgan fingerprint density at radius 1 is 1.21 bits per heavy atom. The minimum absolute atomic E-state index is 0.0413. The Bertz CT molecular complexity index is 786. The van der Waals surface area contributed by atoms with E-state index < -0.39 is 35.5 Å². The van der Waals surface area contributed by atoms with Gasteiger partial charge < -0.3 is 14.9 Å². The third-order valence-electron chi connectivity index (χ3n) is 8.92. The number of allylic oxidation sites excluding steroid dienone is 1. The second kappa shape index (κ2) is 6.74. The minimum atomic E-state index is -1.58. The standard InChI is InChI=1S/C23H32O6/c1-13(24)29-12-19(27)23(28)9-7-17-16-5-4-14-10-15(25)6-8-21(14,2)20(16)18(26)11-22(17,23)3/h10,16-18,20,26,28H,4-9,11-12H2,1-3H3/t16-,17+,18+,20+,21+,22+,23+/m0/s1. The zero-order chi connectivity index (χ0) is 21.2. The summed E-state index contributed by atoms with van der Waals surface area (Å²) in [6.07, 6.45) is 5.54. The Hall–Kier alpha value is -1.53. The van der Waals surface area contributed by atoms with Crippen LogP contribution in [-0.2, 0) is 19.1 Å². The number of Topliss-reactive ketones (excluding diaryl/α,β-unsaturated/α-hetero) is 1. The summed E-state index contributed by atoms with van der Waals surface area (Å²) < 4.78 is 4.89. The van der Waals surface area contributed by atoms with Crippen molar-refractivity contribution in [1.29, 1.82) is 0 Å². The molecule has 0 radical (unpaired) electrons. The topological polar surface area (TPSA) is 101 Å². The number of carbonyl (C=O) groups excluding carboxylic acids is 3. The van der Waals surface area contributed by atoms with Gasteiger partial charge in [-0.05, 0) is 67.8 Å². The first-order valence-electron chi connectivity index (χ1n) is 10.8. The van der Waals surface area contributed by atoms with Crippen LogP contribution < -0.4 is 0 Å². The molecule has 6 heteroatoms. The number of esters is 1. The number of rotatable bonds is 3. The van der Waals surface area contributed by atoms with Gasteiger partial charge >= 0.3 is 5.97 Å². The number of ether oxygens (including phenoxy) is 1. The smallest absolute Gasteiger partial charge is 0.303 e. The van der Waals surface area contributed by atoms with Crippen molar-refractivity contribution in [3.05, 3.63) is 11.6 Å². The zero-order valence-corrected chi connectivity index (χ0v) is 17.6. The van der Waals surface area contributed by atoms with Gasteiger partial charge in [-0.2, -0.15) is 0 Å². The van der Waals surface area contributed by atoms with Gasteiger partial charge in [0.1, 0.15) is 5.60 Å². The van der Waals surface area contributed by atoms with E-state index in [-0.39, 0.29) is 29.0 Å². The Morgan fingerprint density at radius 3 is 2.62 bits per heavy atom. The molecule has 6 nitrogen and oxygen atoms in total. The van der Waals surface area contributed by atoms with Gasteiger partial charge in [-0.1, -0.05) is 19.4 Å². The quantitative estimate of drug-likeness (QED) is 0.701. The lowest BCUT2D eigenvalue weighted by atomic mass is 9.45. The number of aliphatic hydroxyl groups excluding tert-OH is 1. The molecule has 0 aliphatic heterocycles. The molecule has 3 fully saturated rings. The van der Waals surface area contributed by atoms with Crippen LogP contribution in [0.15, 0.2) is 11.6 Å². The lowest BCUT2D eigenvalue weighted by Crippen LogP contribution is -2.62. The summed E-state index contributed by atoms with van der Waals surface area (Å²) in [5.41, 5.74) is -1.36. The maximum Gasteiger partial charge on any atom is 0.303 e. The highest BCUT2D eigenvalue weighted by molar-refractivity contribution is 5.92. The number of fused-ring (bicyclic) bond motifs is 5. The van der Waals surface area contributed by atoms with E-state index in [1.54, 1.807) is 6.08 Å². The van der Waals surface area contributed by atoms with E-state index in [9.17, 15) is 24.6 Å². The van der Waals surface area contributed by atoms with E-state index in [0.717, 1.165) is 31.3 Å². The highest BCUT2D eigenvalue weighted by Crippen LogP contribution is 2.67. The van der Waals surface area contributed by atoms with Crippen LogP contribution in [0, 0.1) is 28.6 Å². The summed E-state index contributed by atoms with van der Waals surface area (Å²) >= 11 is 0. The third-order valence-corrected chi connectivity index (χ3v) is 8.92. The first kappa shape index (κ1) is 20.7. The van der Waals surface area contributed by atoms with Gasteiger partial charge in [0.05, 0.1) is 6.10 Å². The van der Waals surface area contributed by atoms with Crippen LogP contribution in [0.5, 0.6) is 0 Å². The van der Waals surface area contributed by atoms with Crippen molar-refractivity contribution in [3.63, 3.8) is 0 Å². The normalized spacial score (nSPS) is 46.2. The van der Waals surface area contributed by atoms with Gasteiger partial charge in [0.15, 0.2) is 12.4 Å². The van der Waals surface area contributed by atoms with Crippen molar-refractivity contribution in [2.75, 3.05) is 6.61 Å². The predicted molar refractivity (Wildman–Crippen MR) is 105 cm³/mol. The minimum Gasteiger partial charge on any atom is -0.458 e. The van der Waals surface area contributed by atoms with Crippen LogP contribution >= 0.6 is 0 Å². The van der Waals surface area contributed by atoms with Crippen LogP contribution in [0.25, 0.3) is 0 Å². The number of hydrogen-bond acceptors (Lipinski definition) is 6. The molecule has 0 spiro atoms. The van der Waals surface area contributed by atoms with Crippen molar-refractivity contribution >= 4 is 17.5 Å². The number of ketones is 2. The molecule has 0 aromatic heterocycles. The molecule has 160 valence electrons. The molecule has 29 heavy (non-hydrogen) atoms. The predicted octanol–water partition coefficient (Wildman–Crippen LogP) is 2.35. The summed E-state index contributed by atoms with van der Waals surface area (Å²) in [6.45, 7) is 4.92. The monoisotopic (exact) mass is 404 g/mol.